The van der Waals surface area contributed by atoms with Gasteiger partial charge in [0.1, 0.15) is 0 Å². The fraction of sp³-hybridized carbons (Fsp3) is 0.348. The van der Waals surface area contributed by atoms with Crippen LogP contribution in [0.3, 0.4) is 0 Å². The molecule has 1 heterocycles. The normalized spacial score (nSPS) is 14.2. The summed E-state index contributed by atoms with van der Waals surface area (Å²) < 4.78 is 0. The SMILES string of the molecule is Cc1ccc(NC(=O)CSCC(=O)N2CCC(C(=O)Nc3ccccc3)CC2)cc1. The maximum absolute atomic E-state index is 12.4. The first-order valence-electron chi connectivity index (χ1n) is 10.1. The van der Waals surface area contributed by atoms with Crippen molar-refractivity contribution < 1.29 is 14.4 Å². The largest absolute Gasteiger partial charge is 0.342 e. The van der Waals surface area contributed by atoms with E-state index in [-0.39, 0.29) is 35.1 Å². The molecule has 0 saturated carbocycles. The maximum atomic E-state index is 12.4. The molecule has 0 aliphatic carbocycles. The number of para-hydroxylation sites is 1. The van der Waals surface area contributed by atoms with Crippen LogP contribution >= 0.6 is 11.8 Å². The van der Waals surface area contributed by atoms with E-state index in [0.29, 0.717) is 25.9 Å². The van der Waals surface area contributed by atoms with Gasteiger partial charge in [0.2, 0.25) is 17.7 Å². The van der Waals surface area contributed by atoms with Gasteiger partial charge in [0.25, 0.3) is 0 Å². The van der Waals surface area contributed by atoms with Crippen molar-refractivity contribution in [2.24, 2.45) is 5.92 Å². The number of benzene rings is 2. The van der Waals surface area contributed by atoms with Crippen LogP contribution < -0.4 is 10.6 Å². The number of nitrogens with one attached hydrogen (secondary N) is 2. The van der Waals surface area contributed by atoms with E-state index < -0.39 is 0 Å². The van der Waals surface area contributed by atoms with Gasteiger partial charge in [-0.2, -0.15) is 0 Å². The summed E-state index contributed by atoms with van der Waals surface area (Å²) in [5.74, 6) is 0.327. The number of anilines is 2. The van der Waals surface area contributed by atoms with Gasteiger partial charge in [0.15, 0.2) is 0 Å². The van der Waals surface area contributed by atoms with Crippen molar-refractivity contribution in [3.05, 3.63) is 60.2 Å². The van der Waals surface area contributed by atoms with Crippen LogP contribution in [0.4, 0.5) is 11.4 Å². The molecule has 7 heteroatoms. The second kappa shape index (κ2) is 10.8. The van der Waals surface area contributed by atoms with Gasteiger partial charge in [-0.05, 0) is 44.0 Å². The first-order chi connectivity index (χ1) is 14.5. The van der Waals surface area contributed by atoms with Gasteiger partial charge in [0.05, 0.1) is 11.5 Å². The minimum absolute atomic E-state index is 0.00968. The van der Waals surface area contributed by atoms with E-state index in [4.69, 9.17) is 0 Å². The van der Waals surface area contributed by atoms with Crippen LogP contribution in [0.25, 0.3) is 0 Å². The van der Waals surface area contributed by atoms with Crippen molar-refractivity contribution in [3.63, 3.8) is 0 Å². The van der Waals surface area contributed by atoms with Crippen LogP contribution in [0.2, 0.25) is 0 Å². The van der Waals surface area contributed by atoms with E-state index in [9.17, 15) is 14.4 Å². The molecule has 6 nitrogen and oxygen atoms in total. The molecule has 30 heavy (non-hydrogen) atoms. The van der Waals surface area contributed by atoms with Gasteiger partial charge in [-0.1, -0.05) is 35.9 Å². The van der Waals surface area contributed by atoms with Crippen LogP contribution in [0, 0.1) is 12.8 Å². The second-order valence-corrected chi connectivity index (χ2v) is 8.40. The number of likely N-dealkylation sites (tertiary alicyclic amines) is 1. The molecule has 1 aliphatic heterocycles. The van der Waals surface area contributed by atoms with E-state index in [2.05, 4.69) is 10.6 Å². The molecule has 1 saturated heterocycles. The number of aryl methyl sites for hydroxylation is 1. The third kappa shape index (κ3) is 6.62. The molecule has 2 N–H and O–H groups in total. The van der Waals surface area contributed by atoms with Crippen LogP contribution in [0.1, 0.15) is 18.4 Å². The number of carbonyl (C=O) groups excluding carboxylic acids is 3. The predicted octanol–water partition coefficient (Wildman–Crippen LogP) is 3.54. The highest BCUT2D eigenvalue weighted by atomic mass is 32.2. The van der Waals surface area contributed by atoms with Crippen LogP contribution in [0.5, 0.6) is 0 Å². The number of hydrogen-bond donors (Lipinski definition) is 2. The van der Waals surface area contributed by atoms with E-state index in [1.807, 2.05) is 61.5 Å². The third-order valence-electron chi connectivity index (χ3n) is 5.05. The molecule has 0 radical (unpaired) electrons. The lowest BCUT2D eigenvalue weighted by Crippen LogP contribution is -2.42. The smallest absolute Gasteiger partial charge is 0.234 e. The van der Waals surface area contributed by atoms with Gasteiger partial charge >= 0.3 is 0 Å². The maximum Gasteiger partial charge on any atom is 0.234 e. The van der Waals surface area contributed by atoms with E-state index in [1.165, 1.54) is 11.8 Å². The number of carbonyl (C=O) groups is 3. The quantitative estimate of drug-likeness (QED) is 0.711. The molecule has 0 unspecified atom stereocenters. The van der Waals surface area contributed by atoms with Gasteiger partial charge in [0, 0.05) is 30.4 Å². The predicted molar refractivity (Wildman–Crippen MR) is 122 cm³/mol. The standard InChI is InChI=1S/C23H27N3O3S/c1-17-7-9-20(10-8-17)24-21(27)15-30-16-22(28)26-13-11-18(12-14-26)23(29)25-19-5-3-2-4-6-19/h2-10,18H,11-16H2,1H3,(H,24,27)(H,25,29). The van der Waals surface area contributed by atoms with Gasteiger partial charge in [-0.3, -0.25) is 14.4 Å². The number of nitrogens with zero attached hydrogens (tertiary/aromatic N) is 1. The number of piperidine rings is 1. The summed E-state index contributed by atoms with van der Waals surface area (Å²) in [6, 6.07) is 17.0. The zero-order chi connectivity index (χ0) is 21.3. The topological polar surface area (TPSA) is 78.5 Å². The monoisotopic (exact) mass is 425 g/mol. The Balaban J connectivity index is 1.34. The lowest BCUT2D eigenvalue weighted by molar-refractivity contribution is -0.132. The van der Waals surface area contributed by atoms with Crippen molar-refractivity contribution in [1.82, 2.24) is 4.90 Å². The molecule has 158 valence electrons. The average Bonchev–Trinajstić information content (AvgIpc) is 2.76. The fourth-order valence-corrected chi connectivity index (χ4v) is 4.03. The zero-order valence-electron chi connectivity index (χ0n) is 17.1. The van der Waals surface area contributed by atoms with Crippen LogP contribution in [-0.4, -0.2) is 47.2 Å². The highest BCUT2D eigenvalue weighted by Gasteiger charge is 2.27. The minimum atomic E-state index is -0.118. The third-order valence-corrected chi connectivity index (χ3v) is 5.97. The lowest BCUT2D eigenvalue weighted by Gasteiger charge is -2.31. The van der Waals surface area contributed by atoms with Gasteiger partial charge in [-0.15, -0.1) is 11.8 Å². The average molecular weight is 426 g/mol. The number of hydrogen-bond acceptors (Lipinski definition) is 4. The summed E-state index contributed by atoms with van der Waals surface area (Å²) >= 11 is 1.31. The molecule has 3 rings (SSSR count). The van der Waals surface area contributed by atoms with Crippen molar-refractivity contribution >= 4 is 40.9 Å². The Hall–Kier alpha value is -2.80. The molecular formula is C23H27N3O3S. The van der Waals surface area contributed by atoms with Crippen molar-refractivity contribution in [2.75, 3.05) is 35.2 Å². The van der Waals surface area contributed by atoms with E-state index >= 15 is 0 Å². The summed E-state index contributed by atoms with van der Waals surface area (Å²) in [5.41, 5.74) is 2.68. The van der Waals surface area contributed by atoms with Gasteiger partial charge in [-0.25, -0.2) is 0 Å². The van der Waals surface area contributed by atoms with Crippen LogP contribution in [0.15, 0.2) is 54.6 Å². The first kappa shape index (κ1) is 21.9. The summed E-state index contributed by atoms with van der Waals surface area (Å²) in [7, 11) is 0. The Morgan fingerprint density at radius 2 is 1.53 bits per heavy atom. The number of thioether (sulfide) groups is 1. The Morgan fingerprint density at radius 3 is 2.20 bits per heavy atom. The van der Waals surface area contributed by atoms with Crippen molar-refractivity contribution in [3.8, 4) is 0 Å². The molecule has 0 aromatic heterocycles. The Bertz CT molecular complexity index is 863. The Morgan fingerprint density at radius 1 is 0.900 bits per heavy atom. The molecule has 1 fully saturated rings. The molecule has 2 aromatic rings. The minimum Gasteiger partial charge on any atom is -0.342 e. The summed E-state index contributed by atoms with van der Waals surface area (Å²) in [4.78, 5) is 38.6. The molecule has 1 aliphatic rings. The molecular weight excluding hydrogens is 398 g/mol. The fourth-order valence-electron chi connectivity index (χ4n) is 3.31. The van der Waals surface area contributed by atoms with Crippen molar-refractivity contribution in [1.29, 1.82) is 0 Å². The molecule has 0 atom stereocenters. The van der Waals surface area contributed by atoms with Crippen molar-refractivity contribution in [2.45, 2.75) is 19.8 Å². The number of amides is 3. The van der Waals surface area contributed by atoms with E-state index in [1.54, 1.807) is 4.90 Å². The summed E-state index contributed by atoms with van der Waals surface area (Å²) in [5, 5.41) is 5.77. The lowest BCUT2D eigenvalue weighted by atomic mass is 9.96. The molecule has 2 aromatic carbocycles. The molecule has 0 spiro atoms. The van der Waals surface area contributed by atoms with E-state index in [0.717, 1.165) is 16.9 Å². The first-order valence-corrected chi connectivity index (χ1v) is 11.2. The van der Waals surface area contributed by atoms with Gasteiger partial charge < -0.3 is 15.5 Å². The highest BCUT2D eigenvalue weighted by molar-refractivity contribution is 8.00. The molecule has 3 amide bonds. The molecule has 0 bridgehead atoms. The second-order valence-electron chi connectivity index (χ2n) is 7.42. The summed E-state index contributed by atoms with van der Waals surface area (Å²) in [6.07, 6.45) is 1.31. The summed E-state index contributed by atoms with van der Waals surface area (Å²) in [6.45, 7) is 3.13. The Kier molecular flexibility index (Phi) is 7.90. The van der Waals surface area contributed by atoms with Crippen LogP contribution in [-0.2, 0) is 14.4 Å². The highest BCUT2D eigenvalue weighted by Crippen LogP contribution is 2.20. The Labute approximate surface area is 181 Å². The zero-order valence-corrected chi connectivity index (χ0v) is 17.9. The number of rotatable bonds is 7.